The highest BCUT2D eigenvalue weighted by molar-refractivity contribution is 6.04. The van der Waals surface area contributed by atoms with Gasteiger partial charge in [-0.15, -0.1) is 0 Å². The monoisotopic (exact) mass is 234 g/mol. The van der Waals surface area contributed by atoms with Crippen molar-refractivity contribution in [1.82, 2.24) is 4.90 Å². The maximum Gasteiger partial charge on any atom is 0.123 e. The van der Waals surface area contributed by atoms with Gasteiger partial charge in [-0.25, -0.2) is 0 Å². The third-order valence-electron chi connectivity index (χ3n) is 2.97. The van der Waals surface area contributed by atoms with E-state index in [0.29, 0.717) is 6.61 Å². The van der Waals surface area contributed by atoms with Crippen molar-refractivity contribution in [2.45, 2.75) is 12.8 Å². The molecule has 0 fully saturated rings. The summed E-state index contributed by atoms with van der Waals surface area (Å²) in [7, 11) is 4.05. The van der Waals surface area contributed by atoms with Crippen molar-refractivity contribution in [3.63, 3.8) is 0 Å². The zero-order valence-corrected chi connectivity index (χ0v) is 10.3. The van der Waals surface area contributed by atoms with Gasteiger partial charge in [0.1, 0.15) is 12.4 Å². The van der Waals surface area contributed by atoms with E-state index in [1.165, 1.54) is 5.56 Å². The predicted molar refractivity (Wildman–Crippen MR) is 67.1 cm³/mol. The molecule has 0 amide bonds. The third-order valence-corrected chi connectivity index (χ3v) is 2.97. The molecule has 4 heteroatoms. The Labute approximate surface area is 101 Å². The molecule has 1 N–H and O–H groups in total. The number of rotatable bonds is 4. The molecule has 0 radical (unpaired) electrons. The first-order chi connectivity index (χ1) is 8.22. The van der Waals surface area contributed by atoms with E-state index in [1.54, 1.807) is 0 Å². The average molecular weight is 234 g/mol. The van der Waals surface area contributed by atoms with E-state index in [4.69, 9.17) is 9.94 Å². The van der Waals surface area contributed by atoms with E-state index in [2.05, 4.69) is 10.1 Å². The van der Waals surface area contributed by atoms with Gasteiger partial charge in [-0.05, 0) is 33.0 Å². The Bertz CT molecular complexity index is 427. The second-order valence-corrected chi connectivity index (χ2v) is 4.48. The highest BCUT2D eigenvalue weighted by Gasteiger charge is 2.21. The van der Waals surface area contributed by atoms with Crippen molar-refractivity contribution >= 4 is 5.71 Å². The quantitative estimate of drug-likeness (QED) is 0.637. The first kappa shape index (κ1) is 11.9. The summed E-state index contributed by atoms with van der Waals surface area (Å²) in [5, 5.41) is 12.2. The van der Waals surface area contributed by atoms with Crippen LogP contribution in [0.4, 0.5) is 0 Å². The van der Waals surface area contributed by atoms with Crippen LogP contribution in [0.15, 0.2) is 23.4 Å². The lowest BCUT2D eigenvalue weighted by atomic mass is 10.1. The number of ether oxygens (including phenoxy) is 1. The summed E-state index contributed by atoms with van der Waals surface area (Å²) >= 11 is 0. The maximum atomic E-state index is 8.89. The van der Waals surface area contributed by atoms with Gasteiger partial charge in [0, 0.05) is 17.7 Å². The van der Waals surface area contributed by atoms with Crippen LogP contribution in [0.3, 0.4) is 0 Å². The normalized spacial score (nSPS) is 16.5. The van der Waals surface area contributed by atoms with Gasteiger partial charge in [0.15, 0.2) is 0 Å². The minimum atomic E-state index is 0.676. The predicted octanol–water partition coefficient (Wildman–Crippen LogP) is 1.75. The smallest absolute Gasteiger partial charge is 0.123 e. The van der Waals surface area contributed by atoms with Gasteiger partial charge in [-0.1, -0.05) is 17.3 Å². The first-order valence-electron chi connectivity index (χ1n) is 5.83. The van der Waals surface area contributed by atoms with Gasteiger partial charge >= 0.3 is 0 Å². The van der Waals surface area contributed by atoms with E-state index in [1.807, 2.05) is 32.3 Å². The molecule has 92 valence electrons. The van der Waals surface area contributed by atoms with Crippen LogP contribution < -0.4 is 4.74 Å². The fourth-order valence-corrected chi connectivity index (χ4v) is 2.05. The van der Waals surface area contributed by atoms with Crippen LogP contribution >= 0.6 is 0 Å². The minimum Gasteiger partial charge on any atom is -0.492 e. The van der Waals surface area contributed by atoms with Crippen LogP contribution in [-0.2, 0) is 6.42 Å². The lowest BCUT2D eigenvalue weighted by Gasteiger charge is -2.13. The Kier molecular flexibility index (Phi) is 3.64. The van der Waals surface area contributed by atoms with Gasteiger partial charge in [0.25, 0.3) is 0 Å². The minimum absolute atomic E-state index is 0.676. The van der Waals surface area contributed by atoms with Gasteiger partial charge in [0.2, 0.25) is 0 Å². The average Bonchev–Trinajstić information content (AvgIpc) is 2.72. The number of hydrogen-bond acceptors (Lipinski definition) is 4. The maximum absolute atomic E-state index is 8.89. The van der Waals surface area contributed by atoms with E-state index in [0.717, 1.165) is 36.4 Å². The molecule has 0 saturated carbocycles. The number of benzene rings is 1. The molecule has 0 aliphatic heterocycles. The fraction of sp³-hybridized carbons (Fsp3) is 0.462. The van der Waals surface area contributed by atoms with Crippen LogP contribution in [0.25, 0.3) is 0 Å². The molecule has 0 bridgehead atoms. The van der Waals surface area contributed by atoms with Gasteiger partial charge < -0.3 is 14.8 Å². The van der Waals surface area contributed by atoms with Crippen molar-refractivity contribution in [2.24, 2.45) is 5.16 Å². The zero-order valence-electron chi connectivity index (χ0n) is 10.3. The van der Waals surface area contributed by atoms with Crippen LogP contribution in [-0.4, -0.2) is 43.1 Å². The molecule has 0 unspecified atom stereocenters. The molecule has 1 aromatic rings. The Hall–Kier alpha value is -1.55. The summed E-state index contributed by atoms with van der Waals surface area (Å²) in [6.45, 7) is 1.57. The van der Waals surface area contributed by atoms with Crippen LogP contribution in [0, 0.1) is 0 Å². The number of nitrogens with zero attached hydrogens (tertiary/aromatic N) is 2. The molecule has 1 aliphatic rings. The third kappa shape index (κ3) is 2.58. The SMILES string of the molecule is CN(C)CCOc1cccc2c1CCC2=NO. The molecular weight excluding hydrogens is 216 g/mol. The van der Waals surface area contributed by atoms with Gasteiger partial charge in [-0.3, -0.25) is 0 Å². The molecule has 1 aliphatic carbocycles. The van der Waals surface area contributed by atoms with E-state index >= 15 is 0 Å². The zero-order chi connectivity index (χ0) is 12.3. The van der Waals surface area contributed by atoms with Gasteiger partial charge in [0.05, 0.1) is 5.71 Å². The van der Waals surface area contributed by atoms with Crippen molar-refractivity contribution in [3.8, 4) is 5.75 Å². The molecule has 0 heterocycles. The van der Waals surface area contributed by atoms with E-state index in [9.17, 15) is 0 Å². The first-order valence-corrected chi connectivity index (χ1v) is 5.83. The Morgan fingerprint density at radius 3 is 2.88 bits per heavy atom. The molecular formula is C13H18N2O2. The number of hydrogen-bond donors (Lipinski definition) is 1. The topological polar surface area (TPSA) is 45.1 Å². The molecule has 1 aromatic carbocycles. The molecule has 0 spiro atoms. The summed E-state index contributed by atoms with van der Waals surface area (Å²) in [5.74, 6) is 0.919. The van der Waals surface area contributed by atoms with E-state index in [-0.39, 0.29) is 0 Å². The second-order valence-electron chi connectivity index (χ2n) is 4.48. The summed E-state index contributed by atoms with van der Waals surface area (Å²) < 4.78 is 5.77. The van der Waals surface area contributed by atoms with Crippen LogP contribution in [0.5, 0.6) is 5.75 Å². The lowest BCUT2D eigenvalue weighted by Crippen LogP contribution is -2.19. The van der Waals surface area contributed by atoms with Crippen LogP contribution in [0.1, 0.15) is 17.5 Å². The van der Waals surface area contributed by atoms with Crippen molar-refractivity contribution in [1.29, 1.82) is 0 Å². The summed E-state index contributed by atoms with van der Waals surface area (Å²) in [4.78, 5) is 2.09. The van der Waals surface area contributed by atoms with E-state index < -0.39 is 0 Å². The highest BCUT2D eigenvalue weighted by Crippen LogP contribution is 2.30. The fourth-order valence-electron chi connectivity index (χ4n) is 2.05. The number of fused-ring (bicyclic) bond motifs is 1. The lowest BCUT2D eigenvalue weighted by molar-refractivity contribution is 0.259. The molecule has 4 nitrogen and oxygen atoms in total. The van der Waals surface area contributed by atoms with Gasteiger partial charge in [-0.2, -0.15) is 0 Å². The molecule has 0 aromatic heterocycles. The largest absolute Gasteiger partial charge is 0.492 e. The van der Waals surface area contributed by atoms with Crippen molar-refractivity contribution in [3.05, 3.63) is 29.3 Å². The number of likely N-dealkylation sites (N-methyl/N-ethyl adjacent to an activating group) is 1. The van der Waals surface area contributed by atoms with Crippen LogP contribution in [0.2, 0.25) is 0 Å². The molecule has 17 heavy (non-hydrogen) atoms. The molecule has 0 atom stereocenters. The van der Waals surface area contributed by atoms with Crippen molar-refractivity contribution < 1.29 is 9.94 Å². The summed E-state index contributed by atoms with van der Waals surface area (Å²) in [6, 6.07) is 5.91. The summed E-state index contributed by atoms with van der Waals surface area (Å²) in [6.07, 6.45) is 1.69. The summed E-state index contributed by atoms with van der Waals surface area (Å²) in [5.41, 5.74) is 2.95. The number of oxime groups is 1. The standard InChI is InChI=1S/C13H18N2O2/c1-15(2)8-9-17-13-5-3-4-10-11(13)6-7-12(10)14-16/h3-5,16H,6-9H2,1-2H3. The van der Waals surface area contributed by atoms with Crippen molar-refractivity contribution in [2.75, 3.05) is 27.2 Å². The Morgan fingerprint density at radius 1 is 1.35 bits per heavy atom. The highest BCUT2D eigenvalue weighted by atomic mass is 16.5. The Morgan fingerprint density at radius 2 is 2.18 bits per heavy atom. The Balaban J connectivity index is 2.12. The molecule has 0 saturated heterocycles. The molecule has 2 rings (SSSR count). The second kappa shape index (κ2) is 5.19.